The molecule has 0 fully saturated rings. The van der Waals surface area contributed by atoms with Crippen molar-refractivity contribution in [3.05, 3.63) is 59.4 Å². The highest BCUT2D eigenvalue weighted by Crippen LogP contribution is 2.23. The highest BCUT2D eigenvalue weighted by molar-refractivity contribution is 5.48. The second kappa shape index (κ2) is 5.12. The highest BCUT2D eigenvalue weighted by Gasteiger charge is 2.14. The SMILES string of the molecule is Cc1ncccc1NC(C)c1cccc(F)c1F. The van der Waals surface area contributed by atoms with Crippen LogP contribution in [0.1, 0.15) is 24.2 Å². The molecule has 94 valence electrons. The van der Waals surface area contributed by atoms with Crippen LogP contribution in [0.5, 0.6) is 0 Å². The second-order valence-electron chi connectivity index (χ2n) is 4.15. The molecule has 0 aliphatic rings. The van der Waals surface area contributed by atoms with Gasteiger partial charge >= 0.3 is 0 Å². The number of rotatable bonds is 3. The number of aromatic nitrogens is 1. The fourth-order valence-electron chi connectivity index (χ4n) is 1.80. The fourth-order valence-corrected chi connectivity index (χ4v) is 1.80. The zero-order chi connectivity index (χ0) is 13.1. The summed E-state index contributed by atoms with van der Waals surface area (Å²) in [6.07, 6.45) is 1.69. The van der Waals surface area contributed by atoms with Crippen molar-refractivity contribution in [2.75, 3.05) is 5.32 Å². The van der Waals surface area contributed by atoms with Crippen LogP contribution in [0.4, 0.5) is 14.5 Å². The summed E-state index contributed by atoms with van der Waals surface area (Å²) in [4.78, 5) is 4.14. The van der Waals surface area contributed by atoms with Crippen LogP contribution in [0.15, 0.2) is 36.5 Å². The van der Waals surface area contributed by atoms with Crippen molar-refractivity contribution < 1.29 is 8.78 Å². The van der Waals surface area contributed by atoms with Gasteiger partial charge in [0, 0.05) is 11.8 Å². The molecule has 0 saturated carbocycles. The predicted octanol–water partition coefficient (Wildman–Crippen LogP) is 3.84. The molecule has 1 aromatic heterocycles. The van der Waals surface area contributed by atoms with Crippen LogP contribution in [0, 0.1) is 18.6 Å². The molecule has 0 amide bonds. The van der Waals surface area contributed by atoms with Crippen molar-refractivity contribution in [1.82, 2.24) is 4.98 Å². The summed E-state index contributed by atoms with van der Waals surface area (Å²) < 4.78 is 26.8. The molecular weight excluding hydrogens is 234 g/mol. The van der Waals surface area contributed by atoms with E-state index < -0.39 is 11.6 Å². The van der Waals surface area contributed by atoms with Crippen LogP contribution in [-0.2, 0) is 0 Å². The maximum absolute atomic E-state index is 13.6. The van der Waals surface area contributed by atoms with Gasteiger partial charge in [-0.2, -0.15) is 0 Å². The molecule has 4 heteroatoms. The van der Waals surface area contributed by atoms with E-state index in [9.17, 15) is 8.78 Å². The third-order valence-corrected chi connectivity index (χ3v) is 2.83. The quantitative estimate of drug-likeness (QED) is 0.892. The molecule has 2 nitrogen and oxygen atoms in total. The summed E-state index contributed by atoms with van der Waals surface area (Å²) in [5.41, 5.74) is 1.94. The minimum absolute atomic E-state index is 0.304. The maximum Gasteiger partial charge on any atom is 0.164 e. The summed E-state index contributed by atoms with van der Waals surface area (Å²) in [5, 5.41) is 3.13. The monoisotopic (exact) mass is 248 g/mol. The molecule has 0 spiro atoms. The summed E-state index contributed by atoms with van der Waals surface area (Å²) in [6, 6.07) is 7.51. The smallest absolute Gasteiger partial charge is 0.164 e. The largest absolute Gasteiger partial charge is 0.377 e. The third-order valence-electron chi connectivity index (χ3n) is 2.83. The van der Waals surface area contributed by atoms with E-state index in [1.807, 2.05) is 13.0 Å². The van der Waals surface area contributed by atoms with Crippen molar-refractivity contribution in [1.29, 1.82) is 0 Å². The zero-order valence-corrected chi connectivity index (χ0v) is 10.2. The van der Waals surface area contributed by atoms with E-state index in [0.717, 1.165) is 17.4 Å². The number of nitrogens with one attached hydrogen (secondary N) is 1. The van der Waals surface area contributed by atoms with Crippen LogP contribution in [-0.4, -0.2) is 4.98 Å². The van der Waals surface area contributed by atoms with Gasteiger partial charge < -0.3 is 5.32 Å². The third kappa shape index (κ3) is 2.47. The Morgan fingerprint density at radius 3 is 2.67 bits per heavy atom. The summed E-state index contributed by atoms with van der Waals surface area (Å²) in [6.45, 7) is 3.64. The van der Waals surface area contributed by atoms with Gasteiger partial charge in [0.05, 0.1) is 17.4 Å². The highest BCUT2D eigenvalue weighted by atomic mass is 19.2. The Kier molecular flexibility index (Phi) is 3.55. The minimum Gasteiger partial charge on any atom is -0.377 e. The first-order valence-corrected chi connectivity index (χ1v) is 5.71. The number of benzene rings is 1. The average Bonchev–Trinajstić information content (AvgIpc) is 2.35. The molecule has 1 atom stereocenters. The van der Waals surface area contributed by atoms with Crippen LogP contribution >= 0.6 is 0 Å². The molecule has 2 aromatic rings. The molecule has 18 heavy (non-hydrogen) atoms. The second-order valence-corrected chi connectivity index (χ2v) is 4.15. The first-order chi connectivity index (χ1) is 8.59. The van der Waals surface area contributed by atoms with Crippen molar-refractivity contribution in [2.45, 2.75) is 19.9 Å². The van der Waals surface area contributed by atoms with Crippen LogP contribution in [0.25, 0.3) is 0 Å². The molecule has 1 N–H and O–H groups in total. The van der Waals surface area contributed by atoms with Gasteiger partial charge in [-0.05, 0) is 32.0 Å². The number of anilines is 1. The number of pyridine rings is 1. The lowest BCUT2D eigenvalue weighted by atomic mass is 10.1. The molecule has 0 aliphatic carbocycles. The number of hydrogen-bond acceptors (Lipinski definition) is 2. The molecule has 0 radical (unpaired) electrons. The summed E-state index contributed by atoms with van der Waals surface area (Å²) in [5.74, 6) is -1.64. The molecule has 0 saturated heterocycles. The maximum atomic E-state index is 13.6. The average molecular weight is 248 g/mol. The van der Waals surface area contributed by atoms with E-state index in [4.69, 9.17) is 0 Å². The Labute approximate surface area is 105 Å². The van der Waals surface area contributed by atoms with Gasteiger partial charge in [-0.15, -0.1) is 0 Å². The Bertz CT molecular complexity index is 555. The van der Waals surface area contributed by atoms with Gasteiger partial charge in [-0.25, -0.2) is 8.78 Å². The Morgan fingerprint density at radius 1 is 1.17 bits per heavy atom. The predicted molar refractivity (Wildman–Crippen MR) is 67.4 cm³/mol. The van der Waals surface area contributed by atoms with Crippen molar-refractivity contribution in [2.24, 2.45) is 0 Å². The van der Waals surface area contributed by atoms with Crippen molar-refractivity contribution >= 4 is 5.69 Å². The number of nitrogens with zero attached hydrogens (tertiary/aromatic N) is 1. The van der Waals surface area contributed by atoms with E-state index in [-0.39, 0.29) is 6.04 Å². The van der Waals surface area contributed by atoms with Gasteiger partial charge in [0.2, 0.25) is 0 Å². The molecule has 1 heterocycles. The molecule has 1 unspecified atom stereocenters. The Hall–Kier alpha value is -1.97. The minimum atomic E-state index is -0.830. The molecule has 0 bridgehead atoms. The first-order valence-electron chi connectivity index (χ1n) is 5.71. The van der Waals surface area contributed by atoms with Crippen molar-refractivity contribution in [3.8, 4) is 0 Å². The molecule has 1 aromatic carbocycles. The molecular formula is C14H14F2N2. The van der Waals surface area contributed by atoms with E-state index in [1.165, 1.54) is 6.07 Å². The molecule has 0 aliphatic heterocycles. The standard InChI is InChI=1S/C14H14F2N2/c1-9(11-5-3-6-12(15)14(11)16)18-13-7-4-8-17-10(13)2/h3-9,18H,1-2H3. The van der Waals surface area contributed by atoms with Crippen LogP contribution < -0.4 is 5.32 Å². The van der Waals surface area contributed by atoms with Gasteiger partial charge in [-0.3, -0.25) is 4.98 Å². The summed E-state index contributed by atoms with van der Waals surface area (Å²) in [7, 11) is 0. The van der Waals surface area contributed by atoms with Gasteiger partial charge in [0.15, 0.2) is 11.6 Å². The lowest BCUT2D eigenvalue weighted by Crippen LogP contribution is -2.10. The van der Waals surface area contributed by atoms with E-state index >= 15 is 0 Å². The van der Waals surface area contributed by atoms with E-state index in [0.29, 0.717) is 5.56 Å². The van der Waals surface area contributed by atoms with Crippen LogP contribution in [0.2, 0.25) is 0 Å². The van der Waals surface area contributed by atoms with Gasteiger partial charge in [-0.1, -0.05) is 12.1 Å². The van der Waals surface area contributed by atoms with Crippen molar-refractivity contribution in [3.63, 3.8) is 0 Å². The van der Waals surface area contributed by atoms with Gasteiger partial charge in [0.1, 0.15) is 0 Å². The van der Waals surface area contributed by atoms with Gasteiger partial charge in [0.25, 0.3) is 0 Å². The zero-order valence-electron chi connectivity index (χ0n) is 10.2. The number of hydrogen-bond donors (Lipinski definition) is 1. The lowest BCUT2D eigenvalue weighted by Gasteiger charge is -2.17. The Morgan fingerprint density at radius 2 is 1.94 bits per heavy atom. The number of halogens is 2. The Balaban J connectivity index is 2.25. The fraction of sp³-hybridized carbons (Fsp3) is 0.214. The summed E-state index contributed by atoms with van der Waals surface area (Å²) >= 11 is 0. The number of aryl methyl sites for hydroxylation is 1. The van der Waals surface area contributed by atoms with E-state index in [2.05, 4.69) is 10.3 Å². The van der Waals surface area contributed by atoms with E-state index in [1.54, 1.807) is 25.3 Å². The first kappa shape index (κ1) is 12.5. The molecule has 2 rings (SSSR count). The topological polar surface area (TPSA) is 24.9 Å². The lowest BCUT2D eigenvalue weighted by molar-refractivity contribution is 0.494. The normalized spacial score (nSPS) is 12.2. The van der Waals surface area contributed by atoms with Crippen LogP contribution in [0.3, 0.4) is 0 Å².